The summed E-state index contributed by atoms with van der Waals surface area (Å²) in [5, 5.41) is 4.85. The standard InChI is InChI=1S/C16H20N2OS2/c1-3-8-17-15(19)9-14-11-21-16(18-14)20-10-13-6-4-12(2)5-7-13/h4-7,11H,3,8-10H2,1-2H3,(H,17,19). The van der Waals surface area contributed by atoms with Gasteiger partial charge in [-0.05, 0) is 18.9 Å². The van der Waals surface area contributed by atoms with E-state index >= 15 is 0 Å². The Morgan fingerprint density at radius 3 is 2.81 bits per heavy atom. The topological polar surface area (TPSA) is 42.0 Å². The van der Waals surface area contributed by atoms with Crippen molar-refractivity contribution in [3.8, 4) is 0 Å². The van der Waals surface area contributed by atoms with Crippen molar-refractivity contribution in [2.75, 3.05) is 6.54 Å². The van der Waals surface area contributed by atoms with Gasteiger partial charge in [-0.3, -0.25) is 4.79 Å². The Morgan fingerprint density at radius 2 is 2.10 bits per heavy atom. The number of benzene rings is 1. The third kappa shape index (κ3) is 5.52. The summed E-state index contributed by atoms with van der Waals surface area (Å²) in [5.74, 6) is 0.965. The lowest BCUT2D eigenvalue weighted by molar-refractivity contribution is -0.120. The Hall–Kier alpha value is -1.33. The van der Waals surface area contributed by atoms with Crippen LogP contribution < -0.4 is 5.32 Å². The fourth-order valence-corrected chi connectivity index (χ4v) is 3.56. The molecule has 0 saturated carbocycles. The van der Waals surface area contributed by atoms with Crippen molar-refractivity contribution in [1.82, 2.24) is 10.3 Å². The highest BCUT2D eigenvalue weighted by Gasteiger charge is 2.07. The molecule has 0 radical (unpaired) electrons. The highest BCUT2D eigenvalue weighted by molar-refractivity contribution is 8.00. The fourth-order valence-electron chi connectivity index (χ4n) is 1.76. The first-order chi connectivity index (χ1) is 10.2. The van der Waals surface area contributed by atoms with Gasteiger partial charge in [0, 0.05) is 17.7 Å². The Kier molecular flexibility index (Phi) is 6.26. The molecule has 2 rings (SSSR count). The van der Waals surface area contributed by atoms with Crippen LogP contribution in [-0.4, -0.2) is 17.4 Å². The molecule has 0 fully saturated rings. The largest absolute Gasteiger partial charge is 0.356 e. The van der Waals surface area contributed by atoms with Gasteiger partial charge in [0.2, 0.25) is 5.91 Å². The normalized spacial score (nSPS) is 10.6. The van der Waals surface area contributed by atoms with Crippen LogP contribution in [0.3, 0.4) is 0 Å². The zero-order chi connectivity index (χ0) is 15.1. The number of carbonyl (C=O) groups excluding carboxylic acids is 1. The van der Waals surface area contributed by atoms with E-state index in [-0.39, 0.29) is 5.91 Å². The van der Waals surface area contributed by atoms with Gasteiger partial charge in [0.05, 0.1) is 12.1 Å². The Labute approximate surface area is 134 Å². The maximum absolute atomic E-state index is 11.6. The number of nitrogens with one attached hydrogen (secondary N) is 1. The van der Waals surface area contributed by atoms with E-state index in [9.17, 15) is 4.79 Å². The summed E-state index contributed by atoms with van der Waals surface area (Å²) in [5.41, 5.74) is 3.43. The van der Waals surface area contributed by atoms with Gasteiger partial charge in [-0.1, -0.05) is 48.5 Å². The minimum atomic E-state index is 0.0530. The molecule has 1 N–H and O–H groups in total. The second kappa shape index (κ2) is 8.20. The van der Waals surface area contributed by atoms with Crippen LogP contribution in [0.2, 0.25) is 0 Å². The number of aromatic nitrogens is 1. The van der Waals surface area contributed by atoms with Crippen LogP contribution in [-0.2, 0) is 17.0 Å². The highest BCUT2D eigenvalue weighted by atomic mass is 32.2. The Morgan fingerprint density at radius 1 is 1.33 bits per heavy atom. The highest BCUT2D eigenvalue weighted by Crippen LogP contribution is 2.26. The quantitative estimate of drug-likeness (QED) is 0.789. The van der Waals surface area contributed by atoms with E-state index in [1.807, 2.05) is 12.3 Å². The van der Waals surface area contributed by atoms with Crippen LogP contribution in [0.1, 0.15) is 30.2 Å². The minimum Gasteiger partial charge on any atom is -0.356 e. The number of hydrogen-bond donors (Lipinski definition) is 1. The third-order valence-corrected chi connectivity index (χ3v) is 5.07. The lowest BCUT2D eigenvalue weighted by atomic mass is 10.2. The maximum Gasteiger partial charge on any atom is 0.226 e. The van der Waals surface area contributed by atoms with Crippen molar-refractivity contribution >= 4 is 29.0 Å². The van der Waals surface area contributed by atoms with E-state index in [1.54, 1.807) is 23.1 Å². The zero-order valence-corrected chi connectivity index (χ0v) is 14.0. The molecular weight excluding hydrogens is 300 g/mol. The predicted molar refractivity (Wildman–Crippen MR) is 89.9 cm³/mol. The van der Waals surface area contributed by atoms with E-state index < -0.39 is 0 Å². The average molecular weight is 320 g/mol. The Bertz CT molecular complexity index is 578. The van der Waals surface area contributed by atoms with E-state index in [0.29, 0.717) is 6.42 Å². The maximum atomic E-state index is 11.6. The third-order valence-electron chi connectivity index (χ3n) is 2.93. The van der Waals surface area contributed by atoms with Gasteiger partial charge in [0.25, 0.3) is 0 Å². The van der Waals surface area contributed by atoms with Gasteiger partial charge in [-0.15, -0.1) is 11.3 Å². The van der Waals surface area contributed by atoms with Crippen LogP contribution in [0.15, 0.2) is 34.0 Å². The SMILES string of the molecule is CCCNC(=O)Cc1csc(SCc2ccc(C)cc2)n1. The van der Waals surface area contributed by atoms with Gasteiger partial charge < -0.3 is 5.32 Å². The van der Waals surface area contributed by atoms with Gasteiger partial charge in [0.1, 0.15) is 4.34 Å². The van der Waals surface area contributed by atoms with E-state index in [1.165, 1.54) is 11.1 Å². The van der Waals surface area contributed by atoms with Crippen LogP contribution >= 0.6 is 23.1 Å². The fraction of sp³-hybridized carbons (Fsp3) is 0.375. The number of amides is 1. The minimum absolute atomic E-state index is 0.0530. The van der Waals surface area contributed by atoms with E-state index in [4.69, 9.17) is 0 Å². The summed E-state index contributed by atoms with van der Waals surface area (Å²) in [6.07, 6.45) is 1.34. The first-order valence-electron chi connectivity index (χ1n) is 7.07. The molecule has 1 aromatic heterocycles. The number of carbonyl (C=O) groups is 1. The molecule has 1 aromatic carbocycles. The second-order valence-electron chi connectivity index (χ2n) is 4.91. The first-order valence-corrected chi connectivity index (χ1v) is 8.93. The number of aryl methyl sites for hydroxylation is 1. The molecule has 0 unspecified atom stereocenters. The van der Waals surface area contributed by atoms with Gasteiger partial charge in [-0.2, -0.15) is 0 Å². The van der Waals surface area contributed by atoms with Crippen LogP contribution in [0.25, 0.3) is 0 Å². The van der Waals surface area contributed by atoms with Crippen molar-refractivity contribution in [3.63, 3.8) is 0 Å². The van der Waals surface area contributed by atoms with E-state index in [2.05, 4.69) is 41.5 Å². The van der Waals surface area contributed by atoms with Crippen molar-refractivity contribution < 1.29 is 4.79 Å². The lowest BCUT2D eigenvalue weighted by Gasteiger charge is -2.01. The molecule has 112 valence electrons. The number of thioether (sulfide) groups is 1. The number of rotatable bonds is 7. The zero-order valence-electron chi connectivity index (χ0n) is 12.4. The second-order valence-corrected chi connectivity index (χ2v) is 6.99. The lowest BCUT2D eigenvalue weighted by Crippen LogP contribution is -2.25. The summed E-state index contributed by atoms with van der Waals surface area (Å²) in [7, 11) is 0. The van der Waals surface area contributed by atoms with E-state index in [0.717, 1.165) is 28.8 Å². The van der Waals surface area contributed by atoms with Crippen molar-refractivity contribution in [3.05, 3.63) is 46.5 Å². The molecule has 0 saturated heterocycles. The Balaban J connectivity index is 1.82. The molecule has 21 heavy (non-hydrogen) atoms. The average Bonchev–Trinajstić information content (AvgIpc) is 2.92. The van der Waals surface area contributed by atoms with Gasteiger partial charge in [0.15, 0.2) is 0 Å². The molecule has 0 spiro atoms. The smallest absolute Gasteiger partial charge is 0.226 e. The predicted octanol–water partition coefficient (Wildman–Crippen LogP) is 3.81. The molecule has 0 atom stereocenters. The molecule has 0 aliphatic carbocycles. The van der Waals surface area contributed by atoms with Crippen LogP contribution in [0, 0.1) is 6.92 Å². The summed E-state index contributed by atoms with van der Waals surface area (Å²) in [6, 6.07) is 8.55. The molecule has 0 bridgehead atoms. The number of hydrogen-bond acceptors (Lipinski definition) is 4. The molecule has 0 aliphatic rings. The first kappa shape index (κ1) is 16.0. The number of thiazole rings is 1. The molecule has 3 nitrogen and oxygen atoms in total. The van der Waals surface area contributed by atoms with Crippen molar-refractivity contribution in [1.29, 1.82) is 0 Å². The van der Waals surface area contributed by atoms with Crippen LogP contribution in [0.5, 0.6) is 0 Å². The van der Waals surface area contributed by atoms with Gasteiger partial charge >= 0.3 is 0 Å². The summed E-state index contributed by atoms with van der Waals surface area (Å²) >= 11 is 3.33. The summed E-state index contributed by atoms with van der Waals surface area (Å²) in [4.78, 5) is 16.2. The summed E-state index contributed by atoms with van der Waals surface area (Å²) < 4.78 is 1.02. The molecular formula is C16H20N2OS2. The molecule has 2 aromatic rings. The number of nitrogens with zero attached hydrogens (tertiary/aromatic N) is 1. The summed E-state index contributed by atoms with van der Waals surface area (Å²) in [6.45, 7) is 4.87. The van der Waals surface area contributed by atoms with Crippen LogP contribution in [0.4, 0.5) is 0 Å². The molecule has 1 heterocycles. The molecule has 0 aliphatic heterocycles. The van der Waals surface area contributed by atoms with Crippen molar-refractivity contribution in [2.45, 2.75) is 36.8 Å². The molecule has 5 heteroatoms. The monoisotopic (exact) mass is 320 g/mol. The van der Waals surface area contributed by atoms with Gasteiger partial charge in [-0.25, -0.2) is 4.98 Å². The van der Waals surface area contributed by atoms with Crippen molar-refractivity contribution in [2.24, 2.45) is 0 Å². The molecule has 1 amide bonds.